The van der Waals surface area contributed by atoms with Crippen LogP contribution in [0.2, 0.25) is 5.02 Å². The Morgan fingerprint density at radius 2 is 1.80 bits per heavy atom. The minimum atomic E-state index is -0.958. The SMILES string of the molecule is Cc1ccc(F)c(C(=O)Cc2cccc(Cl)c2F)c1F. The summed E-state index contributed by atoms with van der Waals surface area (Å²) in [7, 11) is 0. The number of halogens is 4. The van der Waals surface area contributed by atoms with Crippen LogP contribution in [-0.2, 0) is 6.42 Å². The third-order valence-corrected chi connectivity index (χ3v) is 3.24. The summed E-state index contributed by atoms with van der Waals surface area (Å²) in [6.45, 7) is 1.42. The molecule has 0 unspecified atom stereocenters. The van der Waals surface area contributed by atoms with E-state index in [-0.39, 0.29) is 16.1 Å². The van der Waals surface area contributed by atoms with Crippen molar-refractivity contribution < 1.29 is 18.0 Å². The summed E-state index contributed by atoms with van der Waals surface area (Å²) in [6, 6.07) is 6.40. The fraction of sp³-hybridized carbons (Fsp3) is 0.133. The average molecular weight is 299 g/mol. The molecule has 20 heavy (non-hydrogen) atoms. The van der Waals surface area contributed by atoms with Crippen molar-refractivity contribution in [2.75, 3.05) is 0 Å². The van der Waals surface area contributed by atoms with Crippen LogP contribution in [0.25, 0.3) is 0 Å². The lowest BCUT2D eigenvalue weighted by Gasteiger charge is -2.07. The second-order valence-electron chi connectivity index (χ2n) is 4.37. The van der Waals surface area contributed by atoms with E-state index in [1.807, 2.05) is 0 Å². The number of carbonyl (C=O) groups is 1. The van der Waals surface area contributed by atoms with Crippen molar-refractivity contribution in [1.29, 1.82) is 0 Å². The highest BCUT2D eigenvalue weighted by atomic mass is 35.5. The molecule has 0 bridgehead atoms. The molecule has 0 saturated carbocycles. The Balaban J connectivity index is 2.39. The first-order valence-corrected chi connectivity index (χ1v) is 6.20. The summed E-state index contributed by atoms with van der Waals surface area (Å²) in [5, 5.41) is -0.138. The number of hydrogen-bond donors (Lipinski definition) is 0. The first kappa shape index (κ1) is 14.6. The Hall–Kier alpha value is -1.81. The highest BCUT2D eigenvalue weighted by molar-refractivity contribution is 6.30. The smallest absolute Gasteiger partial charge is 0.173 e. The van der Waals surface area contributed by atoms with Gasteiger partial charge in [-0.15, -0.1) is 0 Å². The van der Waals surface area contributed by atoms with Crippen LogP contribution in [0, 0.1) is 24.4 Å². The molecule has 0 aliphatic rings. The quantitative estimate of drug-likeness (QED) is 0.763. The molecule has 1 nitrogen and oxygen atoms in total. The fourth-order valence-corrected chi connectivity index (χ4v) is 2.05. The Bertz CT molecular complexity index is 683. The van der Waals surface area contributed by atoms with Crippen LogP contribution in [0.15, 0.2) is 30.3 Å². The number of benzene rings is 2. The molecule has 0 saturated heterocycles. The lowest BCUT2D eigenvalue weighted by molar-refractivity contribution is 0.0983. The van der Waals surface area contributed by atoms with E-state index in [4.69, 9.17) is 11.6 Å². The molecule has 0 radical (unpaired) electrons. The van der Waals surface area contributed by atoms with Crippen molar-refractivity contribution >= 4 is 17.4 Å². The van der Waals surface area contributed by atoms with Crippen LogP contribution in [0.5, 0.6) is 0 Å². The van der Waals surface area contributed by atoms with E-state index in [1.165, 1.54) is 31.2 Å². The second kappa shape index (κ2) is 5.67. The van der Waals surface area contributed by atoms with Gasteiger partial charge in [-0.2, -0.15) is 0 Å². The lowest BCUT2D eigenvalue weighted by atomic mass is 10.00. The molecule has 2 aromatic carbocycles. The molecule has 0 amide bonds. The Kier molecular flexibility index (Phi) is 4.14. The maximum atomic E-state index is 13.8. The number of carbonyl (C=O) groups excluding carboxylic acids is 1. The van der Waals surface area contributed by atoms with E-state index in [1.54, 1.807) is 0 Å². The maximum absolute atomic E-state index is 13.8. The van der Waals surface area contributed by atoms with Gasteiger partial charge in [0.05, 0.1) is 10.6 Å². The van der Waals surface area contributed by atoms with Crippen molar-refractivity contribution in [3.63, 3.8) is 0 Å². The van der Waals surface area contributed by atoms with Crippen molar-refractivity contribution in [3.8, 4) is 0 Å². The fourth-order valence-electron chi connectivity index (χ4n) is 1.86. The highest BCUT2D eigenvalue weighted by Crippen LogP contribution is 2.22. The molecule has 2 rings (SSSR count). The Labute approximate surface area is 119 Å². The Morgan fingerprint density at radius 1 is 1.10 bits per heavy atom. The largest absolute Gasteiger partial charge is 0.294 e. The summed E-state index contributed by atoms with van der Waals surface area (Å²) < 4.78 is 41.1. The number of ketones is 1. The first-order valence-electron chi connectivity index (χ1n) is 5.82. The van der Waals surface area contributed by atoms with Gasteiger partial charge in [0.25, 0.3) is 0 Å². The third kappa shape index (κ3) is 2.70. The van der Waals surface area contributed by atoms with Gasteiger partial charge in [0.2, 0.25) is 0 Å². The molecule has 5 heteroatoms. The molecular formula is C15H10ClF3O. The van der Waals surface area contributed by atoms with Gasteiger partial charge in [0.15, 0.2) is 5.78 Å². The van der Waals surface area contributed by atoms with E-state index in [0.717, 1.165) is 6.07 Å². The van der Waals surface area contributed by atoms with Gasteiger partial charge in [0.1, 0.15) is 17.5 Å². The molecule has 0 aromatic heterocycles. The van der Waals surface area contributed by atoms with Gasteiger partial charge < -0.3 is 0 Å². The van der Waals surface area contributed by atoms with Crippen LogP contribution < -0.4 is 0 Å². The van der Waals surface area contributed by atoms with Crippen LogP contribution in [0.1, 0.15) is 21.5 Å². The second-order valence-corrected chi connectivity index (χ2v) is 4.77. The van der Waals surface area contributed by atoms with Crippen molar-refractivity contribution in [1.82, 2.24) is 0 Å². The van der Waals surface area contributed by atoms with E-state index in [9.17, 15) is 18.0 Å². The van der Waals surface area contributed by atoms with E-state index < -0.39 is 35.2 Å². The van der Waals surface area contributed by atoms with E-state index in [0.29, 0.717) is 0 Å². The predicted octanol–water partition coefficient (Wildman–Crippen LogP) is 4.49. The van der Waals surface area contributed by atoms with Gasteiger partial charge >= 0.3 is 0 Å². The van der Waals surface area contributed by atoms with Gasteiger partial charge in [-0.1, -0.05) is 29.8 Å². The van der Waals surface area contributed by atoms with Crippen LogP contribution in [0.4, 0.5) is 13.2 Å². The summed E-state index contributed by atoms with van der Waals surface area (Å²) in [4.78, 5) is 12.0. The molecule has 0 aliphatic heterocycles. The van der Waals surface area contributed by atoms with Gasteiger partial charge in [-0.05, 0) is 30.2 Å². The van der Waals surface area contributed by atoms with Gasteiger partial charge in [-0.3, -0.25) is 4.79 Å². The monoisotopic (exact) mass is 298 g/mol. The Morgan fingerprint density at radius 3 is 2.50 bits per heavy atom. The number of aryl methyl sites for hydroxylation is 1. The van der Waals surface area contributed by atoms with Crippen LogP contribution >= 0.6 is 11.6 Å². The molecule has 0 N–H and O–H groups in total. The molecule has 0 fully saturated rings. The van der Waals surface area contributed by atoms with Crippen molar-refractivity contribution in [3.05, 3.63) is 69.5 Å². The minimum Gasteiger partial charge on any atom is -0.294 e. The van der Waals surface area contributed by atoms with Crippen LogP contribution in [-0.4, -0.2) is 5.78 Å². The number of rotatable bonds is 3. The molecule has 2 aromatic rings. The molecular weight excluding hydrogens is 289 g/mol. The summed E-state index contributed by atoms with van der Waals surface area (Å²) in [6.07, 6.45) is -0.455. The zero-order valence-electron chi connectivity index (χ0n) is 10.5. The number of Topliss-reactive ketones (excluding diaryl/α,β-unsaturated/α-hetero) is 1. The van der Waals surface area contributed by atoms with E-state index in [2.05, 4.69) is 0 Å². The average Bonchev–Trinajstić information content (AvgIpc) is 2.40. The van der Waals surface area contributed by atoms with Gasteiger partial charge in [-0.25, -0.2) is 13.2 Å². The molecule has 0 atom stereocenters. The molecule has 0 spiro atoms. The first-order chi connectivity index (χ1) is 9.41. The highest BCUT2D eigenvalue weighted by Gasteiger charge is 2.20. The van der Waals surface area contributed by atoms with E-state index >= 15 is 0 Å². The topological polar surface area (TPSA) is 17.1 Å². The zero-order chi connectivity index (χ0) is 14.9. The molecule has 0 heterocycles. The minimum absolute atomic E-state index is 0.00260. The standard InChI is InChI=1S/C15H10ClF3O/c1-8-5-6-11(17)13(14(8)18)12(20)7-9-3-2-4-10(16)15(9)19/h2-6H,7H2,1H3. The normalized spacial score (nSPS) is 10.7. The number of hydrogen-bond acceptors (Lipinski definition) is 1. The maximum Gasteiger partial charge on any atom is 0.173 e. The lowest BCUT2D eigenvalue weighted by Crippen LogP contribution is -2.11. The summed E-state index contributed by atoms with van der Waals surface area (Å²) in [5.41, 5.74) is -0.492. The molecule has 104 valence electrons. The van der Waals surface area contributed by atoms with Crippen molar-refractivity contribution in [2.24, 2.45) is 0 Å². The summed E-state index contributed by atoms with van der Waals surface area (Å²) in [5.74, 6) is -3.46. The summed E-state index contributed by atoms with van der Waals surface area (Å²) >= 11 is 5.60. The van der Waals surface area contributed by atoms with Gasteiger partial charge in [0, 0.05) is 6.42 Å². The third-order valence-electron chi connectivity index (χ3n) is 2.95. The molecule has 0 aliphatic carbocycles. The predicted molar refractivity (Wildman–Crippen MR) is 70.5 cm³/mol. The zero-order valence-corrected chi connectivity index (χ0v) is 11.3. The van der Waals surface area contributed by atoms with Crippen molar-refractivity contribution in [2.45, 2.75) is 13.3 Å². The van der Waals surface area contributed by atoms with Crippen LogP contribution in [0.3, 0.4) is 0 Å².